The fraction of sp³-hybridized carbons (Fsp3) is 0.0714. The van der Waals surface area contributed by atoms with E-state index in [2.05, 4.69) is 0 Å². The molecule has 124 valence electrons. The molecule has 24 heavy (non-hydrogen) atoms. The molecule has 1 aliphatic heterocycles. The van der Waals surface area contributed by atoms with Crippen molar-refractivity contribution < 1.29 is 22.4 Å². The number of anilines is 1. The Kier molecular flexibility index (Phi) is 3.30. The van der Waals surface area contributed by atoms with E-state index in [0.717, 1.165) is 30.5 Å². The third kappa shape index (κ3) is 2.27. The van der Waals surface area contributed by atoms with Crippen LogP contribution in [-0.2, 0) is 9.84 Å². The second-order valence-electron chi connectivity index (χ2n) is 5.16. The summed E-state index contributed by atoms with van der Waals surface area (Å²) in [4.78, 5) is 35.3. The molecule has 1 aliphatic rings. The molecule has 2 amide bonds. The number of hydrogen-bond donors (Lipinski definition) is 2. The molecule has 0 fully saturated rings. The summed E-state index contributed by atoms with van der Waals surface area (Å²) in [5, 5.41) is 1.99. The van der Waals surface area contributed by atoms with Crippen LogP contribution in [0.4, 0.5) is 10.2 Å². The number of halogens is 1. The van der Waals surface area contributed by atoms with Gasteiger partial charge in [0.1, 0.15) is 11.6 Å². The Labute approximate surface area is 134 Å². The highest BCUT2D eigenvalue weighted by atomic mass is 32.2. The van der Waals surface area contributed by atoms with Crippen LogP contribution in [0.5, 0.6) is 0 Å². The molecule has 2 aromatic rings. The van der Waals surface area contributed by atoms with E-state index in [1.165, 1.54) is 0 Å². The molecule has 0 aliphatic carbocycles. The zero-order valence-corrected chi connectivity index (χ0v) is 13.0. The number of fused-ring (bicyclic) bond motifs is 1. The van der Waals surface area contributed by atoms with Crippen LogP contribution in [-0.4, -0.2) is 31.1 Å². The number of aromatic nitrogens is 1. The van der Waals surface area contributed by atoms with Gasteiger partial charge in [-0.15, -0.1) is 0 Å². The van der Waals surface area contributed by atoms with Crippen LogP contribution in [0, 0.1) is 5.82 Å². The third-order valence-corrected chi connectivity index (χ3v) is 4.65. The van der Waals surface area contributed by atoms with Gasteiger partial charge in [0.2, 0.25) is 0 Å². The molecule has 0 spiro atoms. The number of pyridine rings is 1. The van der Waals surface area contributed by atoms with Gasteiger partial charge in [-0.25, -0.2) is 12.8 Å². The van der Waals surface area contributed by atoms with E-state index >= 15 is 0 Å². The number of nitrogens with two attached hydrogens (primary N) is 1. The Morgan fingerprint density at radius 3 is 2.38 bits per heavy atom. The Morgan fingerprint density at radius 2 is 1.79 bits per heavy atom. The van der Waals surface area contributed by atoms with Crippen molar-refractivity contribution in [2.45, 2.75) is 4.90 Å². The normalized spacial score (nSPS) is 13.8. The number of carbonyl (C=O) groups excluding carboxylic acids is 2. The van der Waals surface area contributed by atoms with Crippen molar-refractivity contribution in [1.29, 1.82) is 0 Å². The van der Waals surface area contributed by atoms with Gasteiger partial charge in [0, 0.05) is 12.3 Å². The summed E-state index contributed by atoms with van der Waals surface area (Å²) in [6.07, 6.45) is 0.910. The van der Waals surface area contributed by atoms with Gasteiger partial charge >= 0.3 is 0 Å². The highest BCUT2D eigenvalue weighted by molar-refractivity contribution is 7.90. The van der Waals surface area contributed by atoms with E-state index in [4.69, 9.17) is 5.73 Å². The Balaban J connectivity index is 2.29. The number of nitrogens with zero attached hydrogens (tertiary/aromatic N) is 1. The number of benzene rings is 1. The predicted molar refractivity (Wildman–Crippen MR) is 81.3 cm³/mol. The summed E-state index contributed by atoms with van der Waals surface area (Å²) in [5.74, 6) is -2.99. The quantitative estimate of drug-likeness (QED) is 0.724. The number of amides is 2. The summed E-state index contributed by atoms with van der Waals surface area (Å²) in [6, 6.07) is 3.79. The van der Waals surface area contributed by atoms with Gasteiger partial charge < -0.3 is 5.73 Å². The van der Waals surface area contributed by atoms with Crippen molar-refractivity contribution in [3.05, 3.63) is 51.6 Å². The first-order chi connectivity index (χ1) is 11.1. The highest BCUT2D eigenvalue weighted by Gasteiger charge is 2.32. The van der Waals surface area contributed by atoms with Crippen LogP contribution in [0.3, 0.4) is 0 Å². The maximum absolute atomic E-state index is 14.3. The molecule has 0 radical (unpaired) electrons. The lowest BCUT2D eigenvalue weighted by atomic mass is 10.1. The molecule has 8 nitrogen and oxygen atoms in total. The number of imide groups is 1. The number of rotatable bonds is 2. The minimum Gasteiger partial charge on any atom is -0.384 e. The average molecular weight is 351 g/mol. The standard InChI is InChI=1S/C14H10FN3O5S/c1-24(22,23)6-2-3-9(8(15)4-6)18-10(19)5-7-11(12(18)16)14(21)17-13(7)20/h2-5H,16H2,1H3,(H,17,20,21). The van der Waals surface area contributed by atoms with E-state index in [0.29, 0.717) is 4.57 Å². The summed E-state index contributed by atoms with van der Waals surface area (Å²) in [6.45, 7) is 0. The van der Waals surface area contributed by atoms with Gasteiger partial charge in [0.15, 0.2) is 9.84 Å². The molecule has 3 rings (SSSR count). The number of hydrogen-bond acceptors (Lipinski definition) is 6. The summed E-state index contributed by atoms with van der Waals surface area (Å²) in [7, 11) is -3.64. The van der Waals surface area contributed by atoms with Crippen LogP contribution in [0.1, 0.15) is 20.7 Å². The second-order valence-corrected chi connectivity index (χ2v) is 7.18. The number of nitrogen functional groups attached to an aromatic ring is 1. The van der Waals surface area contributed by atoms with Gasteiger partial charge in [0.25, 0.3) is 17.4 Å². The van der Waals surface area contributed by atoms with E-state index in [1.807, 2.05) is 5.32 Å². The zero-order valence-electron chi connectivity index (χ0n) is 12.2. The topological polar surface area (TPSA) is 128 Å². The molecule has 0 unspecified atom stereocenters. The Bertz CT molecular complexity index is 1090. The maximum Gasteiger partial charge on any atom is 0.262 e. The molecule has 1 aromatic carbocycles. The summed E-state index contributed by atoms with van der Waals surface area (Å²) >= 11 is 0. The van der Waals surface area contributed by atoms with Crippen LogP contribution in [0.25, 0.3) is 5.69 Å². The summed E-state index contributed by atoms with van der Waals surface area (Å²) < 4.78 is 37.9. The molecule has 0 atom stereocenters. The monoisotopic (exact) mass is 351 g/mol. The molecular formula is C14H10FN3O5S. The molecule has 3 N–H and O–H groups in total. The zero-order chi connectivity index (χ0) is 17.8. The van der Waals surface area contributed by atoms with Crippen LogP contribution in [0.2, 0.25) is 0 Å². The van der Waals surface area contributed by atoms with Gasteiger partial charge in [-0.05, 0) is 18.2 Å². The molecule has 1 aromatic heterocycles. The fourth-order valence-electron chi connectivity index (χ4n) is 2.43. The van der Waals surface area contributed by atoms with Crippen molar-refractivity contribution in [1.82, 2.24) is 9.88 Å². The first-order valence-corrected chi connectivity index (χ1v) is 8.41. The van der Waals surface area contributed by atoms with Crippen molar-refractivity contribution in [3.8, 4) is 5.69 Å². The predicted octanol–water partition coefficient (Wildman–Crippen LogP) is -0.154. The Hall–Kier alpha value is -3.01. The van der Waals surface area contributed by atoms with Crippen molar-refractivity contribution in [2.75, 3.05) is 12.0 Å². The van der Waals surface area contributed by atoms with E-state index in [1.54, 1.807) is 0 Å². The van der Waals surface area contributed by atoms with Crippen molar-refractivity contribution >= 4 is 27.5 Å². The van der Waals surface area contributed by atoms with Crippen LogP contribution >= 0.6 is 0 Å². The fourth-order valence-corrected chi connectivity index (χ4v) is 3.06. The van der Waals surface area contributed by atoms with Gasteiger partial charge in [-0.2, -0.15) is 0 Å². The lowest BCUT2D eigenvalue weighted by Crippen LogP contribution is -2.25. The van der Waals surface area contributed by atoms with Gasteiger partial charge in [-0.3, -0.25) is 24.3 Å². The van der Waals surface area contributed by atoms with Crippen molar-refractivity contribution in [2.24, 2.45) is 0 Å². The van der Waals surface area contributed by atoms with Crippen molar-refractivity contribution in [3.63, 3.8) is 0 Å². The lowest BCUT2D eigenvalue weighted by Gasteiger charge is -2.13. The molecular weight excluding hydrogens is 341 g/mol. The number of sulfone groups is 1. The first-order valence-electron chi connectivity index (χ1n) is 6.52. The molecule has 0 bridgehead atoms. The average Bonchev–Trinajstić information content (AvgIpc) is 2.74. The Morgan fingerprint density at radius 1 is 1.12 bits per heavy atom. The van der Waals surface area contributed by atoms with Gasteiger partial charge in [0.05, 0.1) is 21.7 Å². The maximum atomic E-state index is 14.3. The van der Waals surface area contributed by atoms with E-state index in [9.17, 15) is 27.2 Å². The molecule has 2 heterocycles. The minimum absolute atomic E-state index is 0.188. The SMILES string of the molecule is CS(=O)(=O)c1ccc(-n2c(N)c3c(cc2=O)C(=O)NC3=O)c(F)c1. The minimum atomic E-state index is -3.64. The highest BCUT2D eigenvalue weighted by Crippen LogP contribution is 2.25. The molecule has 0 saturated carbocycles. The lowest BCUT2D eigenvalue weighted by molar-refractivity contribution is 0.0880. The number of carbonyl (C=O) groups is 2. The molecule has 0 saturated heterocycles. The van der Waals surface area contributed by atoms with Crippen LogP contribution in [0.15, 0.2) is 34.0 Å². The first kappa shape index (κ1) is 15.9. The van der Waals surface area contributed by atoms with E-state index in [-0.39, 0.29) is 21.7 Å². The van der Waals surface area contributed by atoms with E-state index < -0.39 is 38.8 Å². The number of nitrogens with one attached hydrogen (secondary N) is 1. The van der Waals surface area contributed by atoms with Crippen LogP contribution < -0.4 is 16.6 Å². The smallest absolute Gasteiger partial charge is 0.262 e. The summed E-state index contributed by atoms with van der Waals surface area (Å²) in [5.41, 5.74) is 4.19. The largest absolute Gasteiger partial charge is 0.384 e. The third-order valence-electron chi connectivity index (χ3n) is 3.54. The molecule has 10 heteroatoms. The second kappa shape index (κ2) is 4.99. The van der Waals surface area contributed by atoms with Gasteiger partial charge in [-0.1, -0.05) is 0 Å².